The van der Waals surface area contributed by atoms with Gasteiger partial charge in [-0.3, -0.25) is 4.79 Å². The summed E-state index contributed by atoms with van der Waals surface area (Å²) < 4.78 is 10.3. The minimum absolute atomic E-state index is 0.299. The first-order valence-electron chi connectivity index (χ1n) is 6.98. The van der Waals surface area contributed by atoms with E-state index < -0.39 is 11.5 Å². The van der Waals surface area contributed by atoms with Gasteiger partial charge in [-0.1, -0.05) is 18.2 Å². The Morgan fingerprint density at radius 2 is 1.96 bits per heavy atom. The van der Waals surface area contributed by atoms with Crippen LogP contribution in [-0.4, -0.2) is 11.6 Å². The van der Waals surface area contributed by atoms with Crippen LogP contribution in [0.2, 0.25) is 0 Å². The van der Waals surface area contributed by atoms with Gasteiger partial charge in [0.1, 0.15) is 11.3 Å². The van der Waals surface area contributed by atoms with E-state index in [0.29, 0.717) is 28.2 Å². The van der Waals surface area contributed by atoms with Crippen molar-refractivity contribution in [1.29, 1.82) is 0 Å². The minimum Gasteiger partial charge on any atom is -0.469 e. The molecule has 1 aromatic carbocycles. The highest BCUT2D eigenvalue weighted by molar-refractivity contribution is 6.02. The van der Waals surface area contributed by atoms with Crippen molar-refractivity contribution in [2.24, 2.45) is 5.10 Å². The summed E-state index contributed by atoms with van der Waals surface area (Å²) in [4.78, 5) is 24.0. The van der Waals surface area contributed by atoms with E-state index in [1.807, 2.05) is 12.1 Å². The third-order valence-electron chi connectivity index (χ3n) is 3.46. The van der Waals surface area contributed by atoms with Crippen molar-refractivity contribution in [3.63, 3.8) is 0 Å². The maximum absolute atomic E-state index is 12.0. The summed E-state index contributed by atoms with van der Waals surface area (Å²) in [7, 11) is 0. The second-order valence-electron chi connectivity index (χ2n) is 5.01. The predicted molar refractivity (Wildman–Crippen MR) is 85.6 cm³/mol. The average Bonchev–Trinajstić information content (AvgIpc) is 2.97. The standard InChI is InChI=1S/C17H14N2O4/c1-10(18-19-16(20)13-7-8-22-11(13)2)14-9-12-5-3-4-6-15(12)23-17(14)21/h3-9H,1-2H3,(H,19,20)/b18-10-. The number of nitrogens with one attached hydrogen (secondary N) is 1. The van der Waals surface area contributed by atoms with E-state index in [2.05, 4.69) is 10.5 Å². The Balaban J connectivity index is 1.89. The van der Waals surface area contributed by atoms with Gasteiger partial charge in [-0.25, -0.2) is 10.2 Å². The van der Waals surface area contributed by atoms with Gasteiger partial charge in [0.05, 0.1) is 23.1 Å². The van der Waals surface area contributed by atoms with E-state index in [0.717, 1.165) is 5.39 Å². The number of amides is 1. The molecule has 0 bridgehead atoms. The molecular weight excluding hydrogens is 296 g/mol. The first kappa shape index (κ1) is 14.8. The Morgan fingerprint density at radius 3 is 2.70 bits per heavy atom. The normalized spacial score (nSPS) is 11.7. The van der Waals surface area contributed by atoms with Crippen molar-refractivity contribution in [3.8, 4) is 0 Å². The van der Waals surface area contributed by atoms with Gasteiger partial charge in [0.2, 0.25) is 0 Å². The lowest BCUT2D eigenvalue weighted by Crippen LogP contribution is -2.21. The molecule has 3 aromatic rings. The predicted octanol–water partition coefficient (Wildman–Crippen LogP) is 2.85. The van der Waals surface area contributed by atoms with E-state index in [4.69, 9.17) is 8.83 Å². The van der Waals surface area contributed by atoms with Crippen molar-refractivity contribution in [1.82, 2.24) is 5.43 Å². The quantitative estimate of drug-likeness (QED) is 0.458. The Kier molecular flexibility index (Phi) is 3.80. The van der Waals surface area contributed by atoms with E-state index in [9.17, 15) is 9.59 Å². The van der Waals surface area contributed by atoms with Gasteiger partial charge in [0, 0.05) is 5.39 Å². The number of fused-ring (bicyclic) bond motifs is 1. The molecule has 6 nitrogen and oxygen atoms in total. The maximum Gasteiger partial charge on any atom is 0.345 e. The molecule has 1 amide bonds. The number of carbonyl (C=O) groups excluding carboxylic acids is 1. The molecule has 0 aliphatic heterocycles. The van der Waals surface area contributed by atoms with Gasteiger partial charge >= 0.3 is 5.63 Å². The molecule has 2 heterocycles. The van der Waals surface area contributed by atoms with Gasteiger partial charge in [-0.05, 0) is 32.0 Å². The molecule has 6 heteroatoms. The van der Waals surface area contributed by atoms with Crippen LogP contribution in [0.3, 0.4) is 0 Å². The number of hydrogen-bond acceptors (Lipinski definition) is 5. The summed E-state index contributed by atoms with van der Waals surface area (Å²) in [6.45, 7) is 3.31. The number of nitrogens with zero attached hydrogens (tertiary/aromatic N) is 1. The second kappa shape index (κ2) is 5.92. The SMILES string of the molecule is C/C(=N/NC(=O)c1ccoc1C)c1cc2ccccc2oc1=O. The van der Waals surface area contributed by atoms with Crippen LogP contribution in [0.4, 0.5) is 0 Å². The van der Waals surface area contributed by atoms with Crippen LogP contribution in [-0.2, 0) is 0 Å². The highest BCUT2D eigenvalue weighted by atomic mass is 16.4. The number of para-hydroxylation sites is 1. The number of hydrazone groups is 1. The van der Waals surface area contributed by atoms with Crippen LogP contribution in [0.5, 0.6) is 0 Å². The molecule has 0 radical (unpaired) electrons. The van der Waals surface area contributed by atoms with E-state index in [1.165, 1.54) is 6.26 Å². The van der Waals surface area contributed by atoms with Crippen LogP contribution in [0, 0.1) is 6.92 Å². The number of aryl methyl sites for hydroxylation is 1. The zero-order chi connectivity index (χ0) is 16.4. The zero-order valence-corrected chi connectivity index (χ0v) is 12.6. The first-order valence-corrected chi connectivity index (χ1v) is 6.98. The van der Waals surface area contributed by atoms with Crippen LogP contribution in [0.25, 0.3) is 11.0 Å². The summed E-state index contributed by atoms with van der Waals surface area (Å²) in [6.07, 6.45) is 1.43. The summed E-state index contributed by atoms with van der Waals surface area (Å²) in [5, 5.41) is 4.76. The van der Waals surface area contributed by atoms with Gasteiger partial charge in [-0.2, -0.15) is 5.10 Å². The number of rotatable bonds is 3. The van der Waals surface area contributed by atoms with Gasteiger partial charge in [0.15, 0.2) is 0 Å². The lowest BCUT2D eigenvalue weighted by molar-refractivity contribution is 0.0953. The first-order chi connectivity index (χ1) is 11.1. The number of hydrogen-bond donors (Lipinski definition) is 1. The largest absolute Gasteiger partial charge is 0.469 e. The van der Waals surface area contributed by atoms with E-state index in [1.54, 1.807) is 38.1 Å². The van der Waals surface area contributed by atoms with Crippen LogP contribution in [0.1, 0.15) is 28.6 Å². The monoisotopic (exact) mass is 310 g/mol. The summed E-state index contributed by atoms with van der Waals surface area (Å²) in [5.74, 6) is 0.0985. The van der Waals surface area contributed by atoms with E-state index >= 15 is 0 Å². The third-order valence-corrected chi connectivity index (χ3v) is 3.46. The fourth-order valence-electron chi connectivity index (χ4n) is 2.19. The highest BCUT2D eigenvalue weighted by Gasteiger charge is 2.12. The smallest absolute Gasteiger partial charge is 0.345 e. The Hall–Kier alpha value is -3.15. The highest BCUT2D eigenvalue weighted by Crippen LogP contribution is 2.13. The molecule has 1 N–H and O–H groups in total. The molecule has 23 heavy (non-hydrogen) atoms. The van der Waals surface area contributed by atoms with Gasteiger partial charge < -0.3 is 8.83 Å². The van der Waals surface area contributed by atoms with Crippen molar-refractivity contribution in [2.45, 2.75) is 13.8 Å². The lowest BCUT2D eigenvalue weighted by Gasteiger charge is -2.03. The third kappa shape index (κ3) is 2.91. The Labute approximate surface area is 131 Å². The molecule has 0 aliphatic rings. The summed E-state index contributed by atoms with van der Waals surface area (Å²) in [5.41, 5.74) is 3.47. The van der Waals surface area contributed by atoms with E-state index in [-0.39, 0.29) is 0 Å². The topological polar surface area (TPSA) is 84.8 Å². The minimum atomic E-state index is -0.501. The molecule has 3 rings (SSSR count). The maximum atomic E-state index is 12.0. The number of benzene rings is 1. The summed E-state index contributed by atoms with van der Waals surface area (Å²) >= 11 is 0. The molecule has 0 aliphatic carbocycles. The van der Waals surface area contributed by atoms with Crippen molar-refractivity contribution in [3.05, 3.63) is 70.0 Å². The molecular formula is C17H14N2O4. The second-order valence-corrected chi connectivity index (χ2v) is 5.01. The molecule has 116 valence electrons. The van der Waals surface area contributed by atoms with Crippen LogP contribution in [0.15, 0.2) is 61.4 Å². The van der Waals surface area contributed by atoms with Crippen molar-refractivity contribution < 1.29 is 13.6 Å². The molecule has 0 saturated heterocycles. The van der Waals surface area contributed by atoms with Crippen molar-refractivity contribution in [2.75, 3.05) is 0 Å². The molecule has 0 atom stereocenters. The molecule has 0 fully saturated rings. The number of carbonyl (C=O) groups is 1. The van der Waals surface area contributed by atoms with Crippen LogP contribution < -0.4 is 11.1 Å². The molecule has 0 spiro atoms. The fourth-order valence-corrected chi connectivity index (χ4v) is 2.19. The van der Waals surface area contributed by atoms with Crippen molar-refractivity contribution >= 4 is 22.6 Å². The Bertz CT molecular complexity index is 966. The molecule has 0 saturated carbocycles. The van der Waals surface area contributed by atoms with Gasteiger partial charge in [-0.15, -0.1) is 0 Å². The Morgan fingerprint density at radius 1 is 1.17 bits per heavy atom. The van der Waals surface area contributed by atoms with Crippen LogP contribution >= 0.6 is 0 Å². The zero-order valence-electron chi connectivity index (χ0n) is 12.6. The van der Waals surface area contributed by atoms with Gasteiger partial charge in [0.25, 0.3) is 5.91 Å². The average molecular weight is 310 g/mol. The molecule has 2 aromatic heterocycles. The molecule has 0 unspecified atom stereocenters. The number of furan rings is 1. The summed E-state index contributed by atoms with van der Waals surface area (Å²) in [6, 6.07) is 10.4. The fraction of sp³-hybridized carbons (Fsp3) is 0.118. The lowest BCUT2D eigenvalue weighted by atomic mass is 10.1.